The van der Waals surface area contributed by atoms with Gasteiger partial charge in [-0.1, -0.05) is 171 Å². The second-order valence-corrected chi connectivity index (χ2v) is 29.4. The zero-order chi connectivity index (χ0) is 75.8. The molecule has 3 aliphatic heterocycles. The first-order chi connectivity index (χ1) is 50.5. The van der Waals surface area contributed by atoms with Crippen LogP contribution in [0, 0.1) is 11.8 Å². The zero-order valence-electron chi connectivity index (χ0n) is 60.4. The van der Waals surface area contributed by atoms with Gasteiger partial charge >= 0.3 is 18.2 Å². The Kier molecular flexibility index (Phi) is 33.7. The number of rotatable bonds is 25. The number of esters is 1. The van der Waals surface area contributed by atoms with Gasteiger partial charge < -0.3 is 77.2 Å². The monoisotopic (exact) mass is 1490 g/mol. The second-order valence-electron chi connectivity index (χ2n) is 26.8. The van der Waals surface area contributed by atoms with Gasteiger partial charge in [0.1, 0.15) is 73.6 Å². The fraction of sp³-hybridized carbons (Fsp3) is 0.507. The lowest BCUT2D eigenvalue weighted by atomic mass is 9.99. The summed E-state index contributed by atoms with van der Waals surface area (Å²) >= 11 is 0. The maximum absolute atomic E-state index is 15.2. The van der Waals surface area contributed by atoms with Crippen molar-refractivity contribution in [2.24, 2.45) is 11.8 Å². The maximum Gasteiger partial charge on any atom is 0.407 e. The van der Waals surface area contributed by atoms with Crippen molar-refractivity contribution in [3.63, 3.8) is 0 Å². The van der Waals surface area contributed by atoms with Crippen LogP contribution in [0.3, 0.4) is 0 Å². The lowest BCUT2D eigenvalue weighted by Gasteiger charge is -2.32. The Morgan fingerprint density at radius 1 is 0.552 bits per heavy atom. The summed E-state index contributed by atoms with van der Waals surface area (Å²) < 4.78 is 16.2. The van der Waals surface area contributed by atoms with Crippen molar-refractivity contribution in [1.29, 1.82) is 0 Å². The first-order valence-electron chi connectivity index (χ1n) is 35.9. The molecule has 4 aromatic carbocycles. The molecule has 28 nitrogen and oxygen atoms in total. The number of nitrogens with one attached hydrogen (secondary N) is 10. The van der Waals surface area contributed by atoms with Gasteiger partial charge in [-0.3, -0.25) is 47.9 Å². The number of nitrogens with zero attached hydrogens (tertiary/aromatic N) is 2. The van der Waals surface area contributed by atoms with Crippen molar-refractivity contribution in [2.75, 3.05) is 44.3 Å². The Labute approximate surface area is 620 Å². The van der Waals surface area contributed by atoms with Crippen LogP contribution in [0.4, 0.5) is 9.59 Å². The summed E-state index contributed by atoms with van der Waals surface area (Å²) in [5, 5.41) is 27.7. The molecule has 10 N–H and O–H groups in total. The molecule has 0 spiro atoms. The number of benzene rings is 4. The largest absolute Gasteiger partial charge is 0.464 e. The fourth-order valence-electron chi connectivity index (χ4n) is 12.4. The molecule has 0 aromatic heterocycles. The van der Waals surface area contributed by atoms with E-state index in [1.807, 2.05) is 26.0 Å². The molecule has 568 valence electrons. The smallest absolute Gasteiger partial charge is 0.407 e. The summed E-state index contributed by atoms with van der Waals surface area (Å²) in [5.41, 5.74) is 2.77. The predicted octanol–water partition coefficient (Wildman–Crippen LogP) is 4.43. The van der Waals surface area contributed by atoms with Gasteiger partial charge in [0.2, 0.25) is 59.1 Å². The van der Waals surface area contributed by atoms with Crippen molar-refractivity contribution in [1.82, 2.24) is 63.0 Å². The molecule has 3 aliphatic rings. The van der Waals surface area contributed by atoms with E-state index in [1.54, 1.807) is 130 Å². The summed E-state index contributed by atoms with van der Waals surface area (Å²) in [5.74, 6) is -9.60. The molecule has 3 saturated heterocycles. The molecule has 105 heavy (non-hydrogen) atoms. The highest BCUT2D eigenvalue weighted by Gasteiger charge is 2.43. The molecule has 0 saturated carbocycles. The molecule has 0 bridgehead atoms. The quantitative estimate of drug-likeness (QED) is 0.0190. The van der Waals surface area contributed by atoms with E-state index in [2.05, 4.69) is 53.2 Å². The van der Waals surface area contributed by atoms with Gasteiger partial charge in [0.15, 0.2) is 0 Å². The van der Waals surface area contributed by atoms with E-state index in [1.165, 1.54) is 16.7 Å². The molecule has 0 aliphatic carbocycles. The topological polar surface area (TPSA) is 376 Å². The van der Waals surface area contributed by atoms with Crippen LogP contribution in [0.5, 0.6) is 0 Å². The number of carbonyl (C=O) groups excluding carboxylic acids is 13. The van der Waals surface area contributed by atoms with E-state index < -0.39 is 144 Å². The summed E-state index contributed by atoms with van der Waals surface area (Å²) in [6, 6.07) is 22.4. The standard InChI is InChI=1S/C75H100N12O16S2/c1-7-101-73(98)62-35-23-39-87(62)72(97)58(42-51-26-14-9-15-27-51)83-68(93)60-46-105-104-45-59(78-49(6)88)67(92)79-54(32-20-36-76-74(99)102-43-52-28-16-10-17-29-52)64(89)81-56(40-47(2)3)66(91)82-57(41-50-24-12-8-13-25-50)71(96)86-38-22-34-61(86)69(94)85-63(48(4)5)70(95)80-55(65(90)84-60)33-21-37-77-75(100)103-44-53-30-18-11-19-31-53/h8-19,24-31,47-48,54-63H,7,20-23,32-46H2,1-6H3,(H,76,99)(H,77,100)(H,78,88)(H,79,92)(H,80,95)(H,81,89)(H,82,91)(H,83,93)(H,84,90)(H,85,94)/t54-,55-,56?,57?,58+,59?,60-,61-,62-,63?/m0/s1. The Hall–Kier alpha value is -9.71. The van der Waals surface area contributed by atoms with Crippen LogP contribution >= 0.6 is 21.6 Å². The molecule has 4 aromatic rings. The van der Waals surface area contributed by atoms with Crippen LogP contribution in [0.15, 0.2) is 121 Å². The molecule has 30 heteroatoms. The third-order valence-electron chi connectivity index (χ3n) is 17.8. The van der Waals surface area contributed by atoms with Crippen molar-refractivity contribution in [3.8, 4) is 0 Å². The molecule has 3 fully saturated rings. The summed E-state index contributed by atoms with van der Waals surface area (Å²) in [6.07, 6.45) is -0.455. The predicted molar refractivity (Wildman–Crippen MR) is 394 cm³/mol. The van der Waals surface area contributed by atoms with E-state index in [9.17, 15) is 47.9 Å². The number of hydrogen-bond donors (Lipinski definition) is 10. The molecule has 10 atom stereocenters. The van der Waals surface area contributed by atoms with Crippen LogP contribution in [0.2, 0.25) is 0 Å². The van der Waals surface area contributed by atoms with Gasteiger partial charge in [0.05, 0.1) is 6.61 Å². The molecular weight excluding hydrogens is 1390 g/mol. The number of likely N-dealkylation sites (tertiary alicyclic amines) is 1. The van der Waals surface area contributed by atoms with Gasteiger partial charge in [-0.25, -0.2) is 14.4 Å². The van der Waals surface area contributed by atoms with Crippen LogP contribution in [-0.4, -0.2) is 192 Å². The van der Waals surface area contributed by atoms with Gasteiger partial charge in [-0.05, 0) is 98.8 Å². The molecule has 12 amide bonds. The average Bonchev–Trinajstić information content (AvgIpc) is 1.74. The van der Waals surface area contributed by atoms with Crippen molar-refractivity contribution >= 4 is 98.8 Å². The van der Waals surface area contributed by atoms with Crippen LogP contribution in [0.25, 0.3) is 0 Å². The minimum Gasteiger partial charge on any atom is -0.464 e. The Bertz CT molecular complexity index is 3570. The molecular formula is C75H100N12O16S2. The van der Waals surface area contributed by atoms with E-state index >= 15 is 14.4 Å². The van der Waals surface area contributed by atoms with Crippen molar-refractivity contribution < 1.29 is 76.5 Å². The molecule has 0 radical (unpaired) electrons. The van der Waals surface area contributed by atoms with E-state index in [4.69, 9.17) is 14.2 Å². The van der Waals surface area contributed by atoms with Crippen molar-refractivity contribution in [3.05, 3.63) is 144 Å². The number of ether oxygens (including phenoxy) is 3. The van der Waals surface area contributed by atoms with Crippen LogP contribution in [-0.2, 0) is 93.0 Å². The maximum atomic E-state index is 15.2. The number of fused-ring (bicyclic) bond motifs is 1. The van der Waals surface area contributed by atoms with Gasteiger partial charge in [0, 0.05) is 57.5 Å². The van der Waals surface area contributed by atoms with Crippen LogP contribution in [0.1, 0.15) is 122 Å². The summed E-state index contributed by atoms with van der Waals surface area (Å²) in [6.45, 7) is 10.00. The summed E-state index contributed by atoms with van der Waals surface area (Å²) in [4.78, 5) is 190. The normalized spacial score (nSPS) is 22.1. The Morgan fingerprint density at radius 3 is 1.61 bits per heavy atom. The van der Waals surface area contributed by atoms with E-state index in [0.717, 1.165) is 32.7 Å². The lowest BCUT2D eigenvalue weighted by Crippen LogP contribution is -2.61. The SMILES string of the molecule is CCOC(=O)[C@@H]1CCCN1C(=O)[C@@H](Cc1ccccc1)NC(=O)[C@@H]1CSSCC(NC(C)=O)C(=O)N[C@@H](CCCNC(=O)OCc2ccccc2)C(=O)NC(CC(C)C)C(=O)NC(Cc2ccccc2)C(=O)N2CCC[C@H]2C(=O)NC(C(C)C)C(=O)N[C@@H](CCCNC(=O)OCc2ccccc2)C(=O)N1. The molecule has 7 rings (SSSR count). The Balaban J connectivity index is 1.25. The third kappa shape index (κ3) is 27.1. The highest BCUT2D eigenvalue weighted by Crippen LogP contribution is 2.26. The number of carbonyl (C=O) groups is 13. The van der Waals surface area contributed by atoms with Crippen LogP contribution < -0.4 is 53.2 Å². The highest BCUT2D eigenvalue weighted by molar-refractivity contribution is 8.76. The van der Waals surface area contributed by atoms with E-state index in [0.29, 0.717) is 30.4 Å². The second kappa shape index (κ2) is 42.9. The van der Waals surface area contributed by atoms with Gasteiger partial charge in [0.25, 0.3) is 0 Å². The lowest BCUT2D eigenvalue weighted by molar-refractivity contribution is -0.153. The summed E-state index contributed by atoms with van der Waals surface area (Å²) in [7, 11) is 1.98. The van der Waals surface area contributed by atoms with Crippen molar-refractivity contribution in [2.45, 2.75) is 186 Å². The molecule has 4 unspecified atom stereocenters. The third-order valence-corrected chi connectivity index (χ3v) is 20.2. The molecule has 3 heterocycles. The first-order valence-corrected chi connectivity index (χ1v) is 38.4. The average molecular weight is 1490 g/mol. The number of alkyl carbamates (subject to hydrolysis) is 2. The zero-order valence-corrected chi connectivity index (χ0v) is 62.0. The Morgan fingerprint density at radius 2 is 1.06 bits per heavy atom. The first kappa shape index (κ1) is 82.6. The number of amides is 12. The fourth-order valence-corrected chi connectivity index (χ4v) is 14.7. The van der Waals surface area contributed by atoms with Gasteiger partial charge in [-0.2, -0.15) is 0 Å². The minimum absolute atomic E-state index is 0.0212. The minimum atomic E-state index is -1.55. The van der Waals surface area contributed by atoms with E-state index in [-0.39, 0.29) is 115 Å². The van der Waals surface area contributed by atoms with Gasteiger partial charge in [-0.15, -0.1) is 0 Å². The number of hydrogen-bond acceptors (Lipinski definition) is 18. The highest BCUT2D eigenvalue weighted by atomic mass is 33.1.